The van der Waals surface area contributed by atoms with E-state index in [-0.39, 0.29) is 17.1 Å². The van der Waals surface area contributed by atoms with E-state index < -0.39 is 18.5 Å². The van der Waals surface area contributed by atoms with Gasteiger partial charge < -0.3 is 0 Å². The number of hydrogen-bond acceptors (Lipinski definition) is 2. The molecule has 0 radical (unpaired) electrons. The molecule has 2 aromatic heterocycles. The fourth-order valence-corrected chi connectivity index (χ4v) is 2.87. The van der Waals surface area contributed by atoms with Crippen LogP contribution < -0.4 is 0 Å². The first-order chi connectivity index (χ1) is 9.78. The Hall–Kier alpha value is -1.66. The van der Waals surface area contributed by atoms with Crippen molar-refractivity contribution in [2.45, 2.75) is 38.9 Å². The molecular formula is C14H15F4N3. The molecule has 1 aliphatic carbocycles. The Balaban J connectivity index is 2.02. The molecule has 2 aromatic rings. The molecule has 2 atom stereocenters. The number of alkyl halides is 3. The van der Waals surface area contributed by atoms with Crippen molar-refractivity contribution in [1.82, 2.24) is 14.8 Å². The minimum atomic E-state index is -4.44. The first-order valence-electron chi connectivity index (χ1n) is 6.84. The Morgan fingerprint density at radius 1 is 1.33 bits per heavy atom. The Morgan fingerprint density at radius 2 is 2.05 bits per heavy atom. The van der Waals surface area contributed by atoms with Gasteiger partial charge in [0.25, 0.3) is 0 Å². The monoisotopic (exact) mass is 301 g/mol. The molecule has 3 nitrogen and oxygen atoms in total. The fraction of sp³-hybridized carbons (Fsp3) is 0.571. The summed E-state index contributed by atoms with van der Waals surface area (Å²) in [5.41, 5.74) is 0.164. The molecule has 7 heteroatoms. The lowest BCUT2D eigenvalue weighted by Crippen LogP contribution is -2.19. The summed E-state index contributed by atoms with van der Waals surface area (Å²) < 4.78 is 52.8. The van der Waals surface area contributed by atoms with Crippen LogP contribution in [0.1, 0.15) is 31.9 Å². The summed E-state index contributed by atoms with van der Waals surface area (Å²) in [4.78, 5) is 4.10. The standard InChI is InChI=1S/C14H15F4N3/c1-7(2)9-3-10(9)12-11(15)13-8(4-19-12)5-20-21(13)6-14(16,17)18/h4-5,7,9-10H,3,6H2,1-2H3/t9-,10+/m1/s1. The van der Waals surface area contributed by atoms with Gasteiger partial charge in [0.15, 0.2) is 5.82 Å². The molecular weight excluding hydrogens is 286 g/mol. The number of halogens is 4. The summed E-state index contributed by atoms with van der Waals surface area (Å²) in [6, 6.07) is 0. The number of nitrogens with zero attached hydrogens (tertiary/aromatic N) is 3. The minimum Gasteiger partial charge on any atom is -0.257 e. The fourth-order valence-electron chi connectivity index (χ4n) is 2.87. The molecule has 1 aliphatic rings. The van der Waals surface area contributed by atoms with E-state index in [9.17, 15) is 17.6 Å². The Labute approximate surface area is 119 Å². The lowest BCUT2D eigenvalue weighted by molar-refractivity contribution is -0.141. The van der Waals surface area contributed by atoms with Crippen LogP contribution in [0.2, 0.25) is 0 Å². The van der Waals surface area contributed by atoms with Gasteiger partial charge in [0.05, 0.1) is 11.9 Å². The van der Waals surface area contributed by atoms with Crippen LogP contribution in [0.25, 0.3) is 10.9 Å². The summed E-state index contributed by atoms with van der Waals surface area (Å²) in [5, 5.41) is 3.93. The molecule has 0 N–H and O–H groups in total. The average Bonchev–Trinajstić information content (AvgIpc) is 3.05. The number of hydrogen-bond donors (Lipinski definition) is 0. The van der Waals surface area contributed by atoms with Gasteiger partial charge in [0, 0.05) is 17.5 Å². The van der Waals surface area contributed by atoms with Gasteiger partial charge in [-0.25, -0.2) is 4.39 Å². The normalized spacial score (nSPS) is 22.2. The van der Waals surface area contributed by atoms with Gasteiger partial charge in [0.1, 0.15) is 12.1 Å². The maximum absolute atomic E-state index is 14.6. The highest BCUT2D eigenvalue weighted by atomic mass is 19.4. The number of aromatic nitrogens is 3. The van der Waals surface area contributed by atoms with E-state index in [0.29, 0.717) is 21.9 Å². The molecule has 0 aromatic carbocycles. The predicted octanol–water partition coefficient (Wildman–Crippen LogP) is 3.89. The van der Waals surface area contributed by atoms with Crippen LogP contribution in [0.3, 0.4) is 0 Å². The Bertz CT molecular complexity index is 675. The molecule has 3 rings (SSSR count). The van der Waals surface area contributed by atoms with Crippen molar-refractivity contribution >= 4 is 10.9 Å². The maximum Gasteiger partial charge on any atom is 0.408 e. The highest BCUT2D eigenvalue weighted by molar-refractivity contribution is 5.79. The van der Waals surface area contributed by atoms with Gasteiger partial charge in [-0.05, 0) is 18.3 Å². The molecule has 0 unspecified atom stereocenters. The molecule has 21 heavy (non-hydrogen) atoms. The highest BCUT2D eigenvalue weighted by Gasteiger charge is 2.43. The molecule has 0 aliphatic heterocycles. The Morgan fingerprint density at radius 3 is 2.62 bits per heavy atom. The topological polar surface area (TPSA) is 30.7 Å². The van der Waals surface area contributed by atoms with Crippen LogP contribution in [-0.4, -0.2) is 20.9 Å². The van der Waals surface area contributed by atoms with Crippen LogP contribution in [0, 0.1) is 17.7 Å². The SMILES string of the molecule is CC(C)[C@H]1C[C@@H]1c1ncc2cnn(CC(F)(F)F)c2c1F. The number of pyridine rings is 1. The zero-order chi connectivity index (χ0) is 15.4. The summed E-state index contributed by atoms with van der Waals surface area (Å²) in [6.07, 6.45) is -0.980. The van der Waals surface area contributed by atoms with Crippen molar-refractivity contribution < 1.29 is 17.6 Å². The van der Waals surface area contributed by atoms with Crippen molar-refractivity contribution in [2.75, 3.05) is 0 Å². The maximum atomic E-state index is 14.6. The van der Waals surface area contributed by atoms with Gasteiger partial charge in [0.2, 0.25) is 0 Å². The van der Waals surface area contributed by atoms with Gasteiger partial charge >= 0.3 is 6.18 Å². The highest BCUT2D eigenvalue weighted by Crippen LogP contribution is 2.52. The Kier molecular flexibility index (Phi) is 3.18. The number of rotatable bonds is 3. The van der Waals surface area contributed by atoms with E-state index in [0.717, 1.165) is 6.42 Å². The van der Waals surface area contributed by atoms with E-state index in [1.165, 1.54) is 12.4 Å². The molecule has 1 saturated carbocycles. The van der Waals surface area contributed by atoms with E-state index in [2.05, 4.69) is 23.9 Å². The van der Waals surface area contributed by atoms with E-state index in [1.807, 2.05) is 0 Å². The van der Waals surface area contributed by atoms with Gasteiger partial charge in [-0.15, -0.1) is 0 Å². The van der Waals surface area contributed by atoms with Crippen LogP contribution in [0.5, 0.6) is 0 Å². The van der Waals surface area contributed by atoms with E-state index in [1.54, 1.807) is 0 Å². The van der Waals surface area contributed by atoms with Crippen molar-refractivity contribution in [3.05, 3.63) is 23.9 Å². The smallest absolute Gasteiger partial charge is 0.257 e. The van der Waals surface area contributed by atoms with E-state index >= 15 is 0 Å². The molecule has 1 fully saturated rings. The number of fused-ring (bicyclic) bond motifs is 1. The average molecular weight is 301 g/mol. The lowest BCUT2D eigenvalue weighted by Gasteiger charge is -2.09. The van der Waals surface area contributed by atoms with E-state index in [4.69, 9.17) is 0 Å². The van der Waals surface area contributed by atoms with Gasteiger partial charge in [-0.2, -0.15) is 18.3 Å². The zero-order valence-corrected chi connectivity index (χ0v) is 11.7. The third-order valence-electron chi connectivity index (χ3n) is 4.02. The largest absolute Gasteiger partial charge is 0.408 e. The van der Waals surface area contributed by atoms with Crippen molar-refractivity contribution in [3.8, 4) is 0 Å². The molecule has 0 saturated heterocycles. The first-order valence-corrected chi connectivity index (χ1v) is 6.84. The van der Waals surface area contributed by atoms with Crippen molar-refractivity contribution in [3.63, 3.8) is 0 Å². The van der Waals surface area contributed by atoms with Gasteiger partial charge in [-0.1, -0.05) is 13.8 Å². The lowest BCUT2D eigenvalue weighted by atomic mass is 10.1. The molecule has 114 valence electrons. The van der Waals surface area contributed by atoms with Gasteiger partial charge in [-0.3, -0.25) is 9.67 Å². The first kappa shape index (κ1) is 14.3. The quantitative estimate of drug-likeness (QED) is 0.805. The van der Waals surface area contributed by atoms with Crippen LogP contribution in [-0.2, 0) is 6.54 Å². The molecule has 2 heterocycles. The third kappa shape index (κ3) is 2.61. The predicted molar refractivity (Wildman–Crippen MR) is 69.2 cm³/mol. The summed E-state index contributed by atoms with van der Waals surface area (Å²) in [6.45, 7) is 2.80. The second-order valence-corrected chi connectivity index (χ2v) is 5.93. The van der Waals surface area contributed by atoms with Crippen LogP contribution in [0.4, 0.5) is 17.6 Å². The zero-order valence-electron chi connectivity index (χ0n) is 11.7. The molecule has 0 bridgehead atoms. The second-order valence-electron chi connectivity index (χ2n) is 5.93. The molecule has 0 amide bonds. The minimum absolute atomic E-state index is 0.00337. The van der Waals surface area contributed by atoms with Crippen molar-refractivity contribution in [1.29, 1.82) is 0 Å². The summed E-state index contributed by atoms with van der Waals surface area (Å²) in [7, 11) is 0. The van der Waals surface area contributed by atoms with Crippen LogP contribution >= 0.6 is 0 Å². The van der Waals surface area contributed by atoms with Crippen molar-refractivity contribution in [2.24, 2.45) is 11.8 Å². The van der Waals surface area contributed by atoms with Crippen LogP contribution in [0.15, 0.2) is 12.4 Å². The summed E-state index contributed by atoms with van der Waals surface area (Å²) in [5.74, 6) is 0.0986. The second kappa shape index (κ2) is 4.68. The third-order valence-corrected chi connectivity index (χ3v) is 4.02. The summed E-state index contributed by atoms with van der Waals surface area (Å²) >= 11 is 0. The molecule has 0 spiro atoms.